The fourth-order valence-corrected chi connectivity index (χ4v) is 1.18. The van der Waals surface area contributed by atoms with Crippen LogP contribution in [0.2, 0.25) is 5.02 Å². The van der Waals surface area contributed by atoms with Gasteiger partial charge in [0.05, 0.1) is 10.6 Å². The highest BCUT2D eigenvalue weighted by molar-refractivity contribution is 6.33. The summed E-state index contributed by atoms with van der Waals surface area (Å²) in [7, 11) is 0. The van der Waals surface area contributed by atoms with Crippen LogP contribution in [0.25, 0.3) is 0 Å². The molecule has 1 rings (SSSR count). The first-order chi connectivity index (χ1) is 6.15. The maximum absolute atomic E-state index is 11.4. The normalized spacial score (nSPS) is 9.77. The van der Waals surface area contributed by atoms with Crippen molar-refractivity contribution in [2.75, 3.05) is 6.54 Å². The Kier molecular flexibility index (Phi) is 3.32. The number of carbonyl (C=O) groups excluding carboxylic acids is 1. The van der Waals surface area contributed by atoms with Gasteiger partial charge in [0, 0.05) is 6.54 Å². The van der Waals surface area contributed by atoms with Crippen molar-refractivity contribution < 1.29 is 4.79 Å². The van der Waals surface area contributed by atoms with Crippen molar-refractivity contribution in [3.63, 3.8) is 0 Å². The van der Waals surface area contributed by atoms with E-state index in [2.05, 4.69) is 5.32 Å². The van der Waals surface area contributed by atoms with Gasteiger partial charge >= 0.3 is 0 Å². The van der Waals surface area contributed by atoms with Crippen molar-refractivity contribution in [2.45, 2.75) is 6.92 Å². The smallest absolute Gasteiger partial charge is 0.252 e. The highest BCUT2D eigenvalue weighted by Crippen LogP contribution is 2.16. The summed E-state index contributed by atoms with van der Waals surface area (Å²) in [6.07, 6.45) is 0. The topological polar surface area (TPSA) is 29.1 Å². The molecule has 2 radical (unpaired) electrons. The lowest BCUT2D eigenvalue weighted by Gasteiger charge is -2.04. The molecule has 1 aromatic rings. The van der Waals surface area contributed by atoms with Crippen LogP contribution < -0.4 is 5.32 Å². The Bertz CT molecular complexity index is 323. The molecule has 0 spiro atoms. The van der Waals surface area contributed by atoms with Gasteiger partial charge in [-0.2, -0.15) is 0 Å². The van der Waals surface area contributed by atoms with Crippen LogP contribution in [-0.4, -0.2) is 12.5 Å². The van der Waals surface area contributed by atoms with E-state index in [0.717, 1.165) is 0 Å². The van der Waals surface area contributed by atoms with Gasteiger partial charge in [-0.15, -0.1) is 0 Å². The molecule has 3 heteroatoms. The summed E-state index contributed by atoms with van der Waals surface area (Å²) in [5.74, 6) is -0.195. The highest BCUT2D eigenvalue weighted by Gasteiger charge is 2.08. The van der Waals surface area contributed by atoms with Crippen LogP contribution in [0.15, 0.2) is 18.2 Å². The standard InChI is InChI=1S/C10H10ClNO/c1-3-12-10(13)8-6-7(2)4-5-9(8)11/h2,4-6H,3H2,1H3,(H,12,13). The number of hydrogen-bond donors (Lipinski definition) is 1. The van der Waals surface area contributed by atoms with E-state index in [1.807, 2.05) is 6.92 Å². The molecule has 0 aromatic heterocycles. The number of halogens is 1. The van der Waals surface area contributed by atoms with Crippen molar-refractivity contribution in [2.24, 2.45) is 0 Å². The molecule has 0 saturated heterocycles. The minimum Gasteiger partial charge on any atom is -0.352 e. The Morgan fingerprint density at radius 3 is 2.92 bits per heavy atom. The number of nitrogens with one attached hydrogen (secondary N) is 1. The lowest BCUT2D eigenvalue weighted by atomic mass is 10.1. The lowest BCUT2D eigenvalue weighted by molar-refractivity contribution is 0.0956. The third kappa shape index (κ3) is 2.46. The zero-order valence-electron chi connectivity index (χ0n) is 7.30. The molecule has 0 heterocycles. The Labute approximate surface area is 82.9 Å². The van der Waals surface area contributed by atoms with Gasteiger partial charge < -0.3 is 5.32 Å². The average molecular weight is 196 g/mol. The van der Waals surface area contributed by atoms with E-state index in [-0.39, 0.29) is 5.91 Å². The fraction of sp³-hybridized carbons (Fsp3) is 0.200. The molecule has 0 atom stereocenters. The summed E-state index contributed by atoms with van der Waals surface area (Å²) >= 11 is 5.81. The van der Waals surface area contributed by atoms with Gasteiger partial charge in [-0.1, -0.05) is 17.7 Å². The van der Waals surface area contributed by atoms with Crippen LogP contribution in [0, 0.1) is 6.92 Å². The first-order valence-electron chi connectivity index (χ1n) is 3.98. The monoisotopic (exact) mass is 195 g/mol. The molecular weight excluding hydrogens is 186 g/mol. The minimum absolute atomic E-state index is 0.195. The second-order valence-corrected chi connectivity index (χ2v) is 3.01. The summed E-state index contributed by atoms with van der Waals surface area (Å²) < 4.78 is 0. The molecule has 0 saturated carbocycles. The molecule has 0 unspecified atom stereocenters. The van der Waals surface area contributed by atoms with E-state index >= 15 is 0 Å². The Morgan fingerprint density at radius 2 is 2.31 bits per heavy atom. The fourth-order valence-electron chi connectivity index (χ4n) is 0.973. The molecule has 0 aliphatic rings. The van der Waals surface area contributed by atoms with Gasteiger partial charge in [0.2, 0.25) is 0 Å². The van der Waals surface area contributed by atoms with Crippen LogP contribution >= 0.6 is 11.6 Å². The largest absolute Gasteiger partial charge is 0.352 e. The van der Waals surface area contributed by atoms with Crippen LogP contribution in [0.1, 0.15) is 22.8 Å². The van der Waals surface area contributed by atoms with Crippen LogP contribution in [0.3, 0.4) is 0 Å². The first kappa shape index (κ1) is 10.1. The van der Waals surface area contributed by atoms with Crippen LogP contribution in [0.5, 0.6) is 0 Å². The summed E-state index contributed by atoms with van der Waals surface area (Å²) in [6.45, 7) is 7.94. The summed E-state index contributed by atoms with van der Waals surface area (Å²) in [6, 6.07) is 4.83. The van der Waals surface area contributed by atoms with E-state index in [1.165, 1.54) is 0 Å². The Balaban J connectivity index is 2.99. The van der Waals surface area contributed by atoms with Crippen molar-refractivity contribution in [3.05, 3.63) is 41.3 Å². The molecule has 0 aliphatic heterocycles. The SMILES string of the molecule is [CH]c1ccc(Cl)c(C(=O)NCC)c1. The maximum atomic E-state index is 11.4. The molecule has 68 valence electrons. The average Bonchev–Trinajstić information content (AvgIpc) is 2.09. The lowest BCUT2D eigenvalue weighted by Crippen LogP contribution is -2.22. The van der Waals surface area contributed by atoms with Gasteiger partial charge in [0.1, 0.15) is 0 Å². The van der Waals surface area contributed by atoms with Crippen LogP contribution in [0.4, 0.5) is 0 Å². The van der Waals surface area contributed by atoms with Crippen LogP contribution in [-0.2, 0) is 0 Å². The first-order valence-corrected chi connectivity index (χ1v) is 4.36. The van der Waals surface area contributed by atoms with Crippen molar-refractivity contribution in [3.8, 4) is 0 Å². The molecule has 0 fully saturated rings. The highest BCUT2D eigenvalue weighted by atomic mass is 35.5. The minimum atomic E-state index is -0.195. The summed E-state index contributed by atoms with van der Waals surface area (Å²) in [5.41, 5.74) is 0.953. The third-order valence-corrected chi connectivity index (χ3v) is 1.90. The second-order valence-electron chi connectivity index (χ2n) is 2.60. The zero-order valence-corrected chi connectivity index (χ0v) is 8.06. The summed E-state index contributed by atoms with van der Waals surface area (Å²) in [4.78, 5) is 11.4. The number of carbonyl (C=O) groups is 1. The predicted octanol–water partition coefficient (Wildman–Crippen LogP) is 2.15. The van der Waals surface area contributed by atoms with E-state index < -0.39 is 0 Å². The van der Waals surface area contributed by atoms with Crippen molar-refractivity contribution >= 4 is 17.5 Å². The van der Waals surface area contributed by atoms with E-state index in [0.29, 0.717) is 22.7 Å². The van der Waals surface area contributed by atoms with E-state index in [1.54, 1.807) is 18.2 Å². The predicted molar refractivity (Wildman–Crippen MR) is 52.9 cm³/mol. The Hall–Kier alpha value is -1.02. The van der Waals surface area contributed by atoms with Gasteiger partial charge in [0.25, 0.3) is 5.91 Å². The quantitative estimate of drug-likeness (QED) is 0.770. The summed E-state index contributed by atoms with van der Waals surface area (Å²) in [5, 5.41) is 3.07. The molecule has 0 aliphatic carbocycles. The van der Waals surface area contributed by atoms with Crippen molar-refractivity contribution in [1.82, 2.24) is 5.32 Å². The van der Waals surface area contributed by atoms with Gasteiger partial charge in [-0.05, 0) is 31.5 Å². The molecule has 1 aromatic carbocycles. The number of hydrogen-bond acceptors (Lipinski definition) is 1. The van der Waals surface area contributed by atoms with Gasteiger partial charge in [0.15, 0.2) is 0 Å². The van der Waals surface area contributed by atoms with Crippen molar-refractivity contribution in [1.29, 1.82) is 0 Å². The molecule has 0 bridgehead atoms. The molecule has 13 heavy (non-hydrogen) atoms. The van der Waals surface area contributed by atoms with Gasteiger partial charge in [-0.25, -0.2) is 0 Å². The molecule has 1 amide bonds. The maximum Gasteiger partial charge on any atom is 0.252 e. The molecular formula is C10H10ClNO. The van der Waals surface area contributed by atoms with E-state index in [9.17, 15) is 4.79 Å². The second kappa shape index (κ2) is 4.28. The molecule has 2 nitrogen and oxygen atoms in total. The number of rotatable bonds is 2. The zero-order chi connectivity index (χ0) is 9.84. The van der Waals surface area contributed by atoms with Gasteiger partial charge in [-0.3, -0.25) is 4.79 Å². The Morgan fingerprint density at radius 1 is 1.62 bits per heavy atom. The number of amides is 1. The molecule has 1 N–H and O–H groups in total. The number of benzene rings is 1. The van der Waals surface area contributed by atoms with E-state index in [4.69, 9.17) is 18.5 Å². The third-order valence-electron chi connectivity index (χ3n) is 1.57.